The molecule has 1 atom stereocenters. The van der Waals surface area contributed by atoms with Crippen LogP contribution in [0, 0.1) is 6.92 Å². The molecule has 1 heterocycles. The maximum atomic E-state index is 11.2. The van der Waals surface area contributed by atoms with Gasteiger partial charge in [0.15, 0.2) is 0 Å². The number of nitrogens with one attached hydrogen (secondary N) is 1. The molecule has 0 spiro atoms. The summed E-state index contributed by atoms with van der Waals surface area (Å²) < 4.78 is 0. The monoisotopic (exact) mass is 305 g/mol. The molecule has 2 aromatic rings. The summed E-state index contributed by atoms with van der Waals surface area (Å²) in [6, 6.07) is 3.43. The Labute approximate surface area is 127 Å². The number of benzene rings is 1. The maximum absolute atomic E-state index is 11.2. The minimum Gasteiger partial charge on any atom is -0.478 e. The average molecular weight is 305 g/mol. The van der Waals surface area contributed by atoms with Gasteiger partial charge in [0.25, 0.3) is 0 Å². The summed E-state index contributed by atoms with van der Waals surface area (Å²) >= 11 is 1.66. The molecule has 0 bridgehead atoms. The van der Waals surface area contributed by atoms with Crippen LogP contribution in [0.5, 0.6) is 0 Å². The number of hydrogen-bond donors (Lipinski definition) is 3. The number of thiazole rings is 1. The Balaban J connectivity index is 2.24. The van der Waals surface area contributed by atoms with Crippen LogP contribution in [-0.4, -0.2) is 16.1 Å². The van der Waals surface area contributed by atoms with E-state index in [2.05, 4.69) is 17.2 Å². The van der Waals surface area contributed by atoms with Gasteiger partial charge < -0.3 is 16.2 Å². The molecule has 112 valence electrons. The first-order valence-electron chi connectivity index (χ1n) is 6.77. The van der Waals surface area contributed by atoms with Crippen LogP contribution < -0.4 is 11.1 Å². The quantitative estimate of drug-likeness (QED) is 0.736. The van der Waals surface area contributed by atoms with Crippen molar-refractivity contribution >= 4 is 28.7 Å². The Morgan fingerprint density at radius 1 is 1.52 bits per heavy atom. The number of anilines is 2. The van der Waals surface area contributed by atoms with E-state index < -0.39 is 5.97 Å². The summed E-state index contributed by atoms with van der Waals surface area (Å²) in [5.74, 6) is -1.02. The van der Waals surface area contributed by atoms with E-state index in [0.717, 1.165) is 22.7 Å². The summed E-state index contributed by atoms with van der Waals surface area (Å²) in [5.41, 5.74) is 7.71. The molecule has 6 heteroatoms. The topological polar surface area (TPSA) is 88.2 Å². The van der Waals surface area contributed by atoms with Crippen molar-refractivity contribution in [1.82, 2.24) is 4.98 Å². The number of nitrogen functional groups attached to an aromatic ring is 1. The van der Waals surface area contributed by atoms with Crippen LogP contribution in [0.25, 0.3) is 0 Å². The van der Waals surface area contributed by atoms with Crippen LogP contribution in [0.3, 0.4) is 0 Å². The number of carboxylic acids is 1. The molecule has 1 unspecified atom stereocenters. The van der Waals surface area contributed by atoms with Gasteiger partial charge in [0, 0.05) is 22.4 Å². The fourth-order valence-electron chi connectivity index (χ4n) is 2.06. The molecular weight excluding hydrogens is 286 g/mol. The Morgan fingerprint density at radius 3 is 2.81 bits per heavy atom. The summed E-state index contributed by atoms with van der Waals surface area (Å²) in [7, 11) is 0. The van der Waals surface area contributed by atoms with E-state index in [1.165, 1.54) is 4.88 Å². The molecule has 0 aliphatic heterocycles. The Kier molecular flexibility index (Phi) is 4.47. The van der Waals surface area contributed by atoms with Crippen molar-refractivity contribution in [2.45, 2.75) is 33.2 Å². The van der Waals surface area contributed by atoms with Crippen molar-refractivity contribution in [3.05, 3.63) is 39.3 Å². The number of rotatable bonds is 5. The molecule has 0 fully saturated rings. The molecule has 0 aliphatic carbocycles. The summed E-state index contributed by atoms with van der Waals surface area (Å²) in [6.07, 6.45) is 2.85. The van der Waals surface area contributed by atoms with Crippen LogP contribution in [0.4, 0.5) is 11.4 Å². The van der Waals surface area contributed by atoms with Crippen LogP contribution in [0.2, 0.25) is 0 Å². The van der Waals surface area contributed by atoms with Gasteiger partial charge in [-0.2, -0.15) is 0 Å². The predicted molar refractivity (Wildman–Crippen MR) is 86.1 cm³/mol. The smallest absolute Gasteiger partial charge is 0.337 e. The van der Waals surface area contributed by atoms with Gasteiger partial charge >= 0.3 is 5.97 Å². The van der Waals surface area contributed by atoms with Crippen LogP contribution in [0.1, 0.15) is 45.7 Å². The standard InChI is InChI=1S/C15H19N3O2S/c1-4-11-7-17-14(21-11)9(3)18-10-5-8(2)13(16)12(6-10)15(19)20/h5-7,9,18H,4,16H2,1-3H3,(H,19,20). The molecule has 4 N–H and O–H groups in total. The van der Waals surface area contributed by atoms with E-state index in [4.69, 9.17) is 5.73 Å². The largest absolute Gasteiger partial charge is 0.478 e. The molecule has 0 aliphatic rings. The number of aromatic nitrogens is 1. The Hall–Kier alpha value is -2.08. The highest BCUT2D eigenvalue weighted by Gasteiger charge is 2.14. The zero-order chi connectivity index (χ0) is 15.6. The second-order valence-corrected chi connectivity index (χ2v) is 6.09. The highest BCUT2D eigenvalue weighted by atomic mass is 32.1. The molecule has 0 amide bonds. The molecule has 0 radical (unpaired) electrons. The van der Waals surface area contributed by atoms with Gasteiger partial charge in [-0.1, -0.05) is 6.92 Å². The normalized spacial score (nSPS) is 12.1. The van der Waals surface area contributed by atoms with Gasteiger partial charge in [-0.15, -0.1) is 11.3 Å². The lowest BCUT2D eigenvalue weighted by Crippen LogP contribution is -2.09. The fourth-order valence-corrected chi connectivity index (χ4v) is 2.92. The molecular formula is C15H19N3O2S. The van der Waals surface area contributed by atoms with E-state index in [1.807, 2.05) is 19.2 Å². The molecule has 2 rings (SSSR count). The van der Waals surface area contributed by atoms with Crippen molar-refractivity contribution in [3.8, 4) is 0 Å². The summed E-state index contributed by atoms with van der Waals surface area (Å²) in [5, 5.41) is 13.5. The van der Waals surface area contributed by atoms with E-state index in [0.29, 0.717) is 5.69 Å². The van der Waals surface area contributed by atoms with Crippen LogP contribution in [-0.2, 0) is 6.42 Å². The first-order chi connectivity index (χ1) is 9.92. The highest BCUT2D eigenvalue weighted by Crippen LogP contribution is 2.27. The van der Waals surface area contributed by atoms with E-state index in [1.54, 1.807) is 24.3 Å². The van der Waals surface area contributed by atoms with Crippen molar-refractivity contribution in [3.63, 3.8) is 0 Å². The van der Waals surface area contributed by atoms with Crippen molar-refractivity contribution in [2.24, 2.45) is 0 Å². The third-order valence-electron chi connectivity index (χ3n) is 3.29. The number of carbonyl (C=O) groups is 1. The SMILES string of the molecule is CCc1cnc(C(C)Nc2cc(C)c(N)c(C(=O)O)c2)s1. The molecule has 1 aromatic heterocycles. The van der Waals surface area contributed by atoms with E-state index in [-0.39, 0.29) is 11.6 Å². The van der Waals surface area contributed by atoms with Gasteiger partial charge in [-0.3, -0.25) is 0 Å². The molecule has 21 heavy (non-hydrogen) atoms. The minimum atomic E-state index is -1.02. The number of nitrogens with two attached hydrogens (primary N) is 1. The predicted octanol–water partition coefficient (Wildman–Crippen LogP) is 3.47. The third kappa shape index (κ3) is 3.33. The Morgan fingerprint density at radius 2 is 2.24 bits per heavy atom. The van der Waals surface area contributed by atoms with Crippen molar-refractivity contribution in [1.29, 1.82) is 0 Å². The molecule has 5 nitrogen and oxygen atoms in total. The van der Waals surface area contributed by atoms with Gasteiger partial charge in [0.1, 0.15) is 5.01 Å². The lowest BCUT2D eigenvalue weighted by Gasteiger charge is -2.15. The first kappa shape index (κ1) is 15.3. The van der Waals surface area contributed by atoms with Gasteiger partial charge in [0.2, 0.25) is 0 Å². The van der Waals surface area contributed by atoms with Crippen molar-refractivity contribution in [2.75, 3.05) is 11.1 Å². The number of carboxylic acid groups (broad SMARTS) is 1. The number of aromatic carboxylic acids is 1. The summed E-state index contributed by atoms with van der Waals surface area (Å²) in [6.45, 7) is 5.90. The molecule has 1 aromatic carbocycles. The maximum Gasteiger partial charge on any atom is 0.337 e. The lowest BCUT2D eigenvalue weighted by atomic mass is 10.1. The van der Waals surface area contributed by atoms with Gasteiger partial charge in [0.05, 0.1) is 11.6 Å². The Bertz CT molecular complexity index is 667. The van der Waals surface area contributed by atoms with Crippen LogP contribution in [0.15, 0.2) is 18.3 Å². The van der Waals surface area contributed by atoms with E-state index in [9.17, 15) is 9.90 Å². The first-order valence-corrected chi connectivity index (χ1v) is 7.58. The fraction of sp³-hybridized carbons (Fsp3) is 0.333. The minimum absolute atomic E-state index is 0.0139. The second kappa shape index (κ2) is 6.13. The van der Waals surface area contributed by atoms with Crippen molar-refractivity contribution < 1.29 is 9.90 Å². The number of hydrogen-bond acceptors (Lipinski definition) is 5. The highest BCUT2D eigenvalue weighted by molar-refractivity contribution is 7.11. The zero-order valence-corrected chi connectivity index (χ0v) is 13.1. The number of aryl methyl sites for hydroxylation is 2. The third-order valence-corrected chi connectivity index (χ3v) is 4.62. The molecule has 0 saturated heterocycles. The van der Waals surface area contributed by atoms with Crippen LogP contribution >= 0.6 is 11.3 Å². The average Bonchev–Trinajstić information content (AvgIpc) is 2.91. The van der Waals surface area contributed by atoms with E-state index >= 15 is 0 Å². The second-order valence-electron chi connectivity index (χ2n) is 4.94. The van der Waals surface area contributed by atoms with Gasteiger partial charge in [-0.25, -0.2) is 9.78 Å². The summed E-state index contributed by atoms with van der Waals surface area (Å²) in [4.78, 5) is 16.8. The molecule has 0 saturated carbocycles. The lowest BCUT2D eigenvalue weighted by molar-refractivity contribution is 0.0698. The number of nitrogens with zero attached hydrogens (tertiary/aromatic N) is 1. The zero-order valence-electron chi connectivity index (χ0n) is 12.3. The van der Waals surface area contributed by atoms with Gasteiger partial charge in [-0.05, 0) is 38.0 Å².